The van der Waals surface area contributed by atoms with Crippen molar-refractivity contribution in [2.75, 3.05) is 18.8 Å². The number of nitrogen functional groups attached to an aromatic ring is 1. The maximum Gasteiger partial charge on any atom is 0.245 e. The molecule has 2 N–H and O–H groups in total. The minimum Gasteiger partial charge on any atom is -0.398 e. The molecule has 0 saturated carbocycles. The van der Waals surface area contributed by atoms with E-state index in [4.69, 9.17) is 5.73 Å². The van der Waals surface area contributed by atoms with E-state index < -0.39 is 10.0 Å². The van der Waals surface area contributed by atoms with Crippen LogP contribution in [-0.4, -0.2) is 36.3 Å². The van der Waals surface area contributed by atoms with Crippen LogP contribution < -0.4 is 5.73 Å². The summed E-state index contributed by atoms with van der Waals surface area (Å²) >= 11 is 1.82. The molecule has 100 valence electrons. The van der Waals surface area contributed by atoms with E-state index in [9.17, 15) is 8.42 Å². The Morgan fingerprint density at radius 1 is 1.22 bits per heavy atom. The molecule has 1 heterocycles. The number of nitrogens with zero attached hydrogens (tertiary/aromatic N) is 1. The van der Waals surface area contributed by atoms with Crippen LogP contribution in [0.4, 0.5) is 5.69 Å². The first-order chi connectivity index (χ1) is 8.41. The molecule has 1 aliphatic heterocycles. The zero-order valence-electron chi connectivity index (χ0n) is 10.5. The van der Waals surface area contributed by atoms with Crippen LogP contribution in [0.2, 0.25) is 0 Å². The molecule has 1 fully saturated rings. The molecule has 2 unspecified atom stereocenters. The fourth-order valence-electron chi connectivity index (χ4n) is 2.18. The highest BCUT2D eigenvalue weighted by atomic mass is 32.2. The maximum atomic E-state index is 12.5. The number of rotatable bonds is 2. The number of anilines is 1. The molecule has 0 aliphatic carbocycles. The van der Waals surface area contributed by atoms with Gasteiger partial charge in [-0.05, 0) is 12.1 Å². The monoisotopic (exact) mass is 286 g/mol. The summed E-state index contributed by atoms with van der Waals surface area (Å²) in [5.74, 6) is 0. The van der Waals surface area contributed by atoms with Crippen molar-refractivity contribution in [2.24, 2.45) is 0 Å². The second kappa shape index (κ2) is 5.11. The van der Waals surface area contributed by atoms with Gasteiger partial charge in [0.25, 0.3) is 0 Å². The number of hydrogen-bond acceptors (Lipinski definition) is 4. The van der Waals surface area contributed by atoms with Gasteiger partial charge in [-0.2, -0.15) is 16.1 Å². The summed E-state index contributed by atoms with van der Waals surface area (Å²) < 4.78 is 26.6. The molecule has 2 rings (SSSR count). The Hall–Kier alpha value is -0.720. The van der Waals surface area contributed by atoms with Crippen LogP contribution in [0.25, 0.3) is 0 Å². The van der Waals surface area contributed by atoms with Gasteiger partial charge in [0, 0.05) is 23.6 Å². The van der Waals surface area contributed by atoms with E-state index in [0.717, 1.165) is 0 Å². The van der Waals surface area contributed by atoms with Gasteiger partial charge in [0.1, 0.15) is 4.90 Å². The molecule has 1 saturated heterocycles. The van der Waals surface area contributed by atoms with Gasteiger partial charge in [-0.1, -0.05) is 26.0 Å². The largest absolute Gasteiger partial charge is 0.398 e. The predicted molar refractivity (Wildman–Crippen MR) is 76.1 cm³/mol. The fraction of sp³-hybridized carbons (Fsp3) is 0.500. The minimum atomic E-state index is -3.46. The maximum absolute atomic E-state index is 12.5. The topological polar surface area (TPSA) is 63.4 Å². The van der Waals surface area contributed by atoms with Crippen molar-refractivity contribution in [1.29, 1.82) is 0 Å². The van der Waals surface area contributed by atoms with Crippen LogP contribution in [0.15, 0.2) is 29.2 Å². The Balaban J connectivity index is 2.34. The molecule has 1 aromatic carbocycles. The average molecular weight is 286 g/mol. The van der Waals surface area contributed by atoms with Crippen LogP contribution in [0.3, 0.4) is 0 Å². The molecule has 1 aliphatic rings. The molecule has 0 amide bonds. The van der Waals surface area contributed by atoms with Gasteiger partial charge in [0.2, 0.25) is 10.0 Å². The molecule has 6 heteroatoms. The molecule has 0 spiro atoms. The summed E-state index contributed by atoms with van der Waals surface area (Å²) in [7, 11) is -3.46. The van der Waals surface area contributed by atoms with Gasteiger partial charge in [0.15, 0.2) is 0 Å². The predicted octanol–water partition coefficient (Wildman–Crippen LogP) is 1.78. The van der Waals surface area contributed by atoms with Crippen molar-refractivity contribution in [2.45, 2.75) is 29.2 Å². The lowest BCUT2D eigenvalue weighted by Gasteiger charge is -2.33. The van der Waals surface area contributed by atoms with E-state index in [1.165, 1.54) is 0 Å². The number of hydrogen-bond donors (Lipinski definition) is 1. The second-order valence-electron chi connectivity index (χ2n) is 4.62. The summed E-state index contributed by atoms with van der Waals surface area (Å²) in [6.45, 7) is 5.20. The van der Waals surface area contributed by atoms with Crippen molar-refractivity contribution >= 4 is 27.5 Å². The zero-order valence-corrected chi connectivity index (χ0v) is 12.2. The molecule has 0 bridgehead atoms. The highest BCUT2D eigenvalue weighted by Crippen LogP contribution is 2.30. The first-order valence-electron chi connectivity index (χ1n) is 5.91. The highest BCUT2D eigenvalue weighted by molar-refractivity contribution is 8.00. The first kappa shape index (κ1) is 13.7. The van der Waals surface area contributed by atoms with Gasteiger partial charge < -0.3 is 5.73 Å². The lowest BCUT2D eigenvalue weighted by atomic mass is 10.3. The summed E-state index contributed by atoms with van der Waals surface area (Å²) in [4.78, 5) is 0.219. The molecule has 0 aromatic heterocycles. The Kier molecular flexibility index (Phi) is 3.89. The lowest BCUT2D eigenvalue weighted by molar-refractivity contribution is 0.405. The van der Waals surface area contributed by atoms with Crippen molar-refractivity contribution in [3.63, 3.8) is 0 Å². The molecular formula is C12H18N2O2S2. The van der Waals surface area contributed by atoms with Gasteiger partial charge in [0.05, 0.1) is 5.69 Å². The Bertz CT molecular complexity index is 521. The third-order valence-electron chi connectivity index (χ3n) is 2.92. The third kappa shape index (κ3) is 2.65. The first-order valence-corrected chi connectivity index (χ1v) is 8.29. The molecule has 18 heavy (non-hydrogen) atoms. The summed E-state index contributed by atoms with van der Waals surface area (Å²) in [5, 5.41) is 0.627. The third-order valence-corrected chi connectivity index (χ3v) is 6.06. The Morgan fingerprint density at radius 2 is 1.78 bits per heavy atom. The molecule has 2 atom stereocenters. The summed E-state index contributed by atoms with van der Waals surface area (Å²) in [5.41, 5.74) is 6.09. The van der Waals surface area contributed by atoms with Gasteiger partial charge in [-0.3, -0.25) is 0 Å². The number of sulfonamides is 1. The Morgan fingerprint density at radius 3 is 2.33 bits per heavy atom. The van der Waals surface area contributed by atoms with Crippen LogP contribution in [0, 0.1) is 0 Å². The van der Waals surface area contributed by atoms with Crippen LogP contribution in [-0.2, 0) is 10.0 Å². The standard InChI is InChI=1S/C12H18N2O2S2/c1-9-7-14(8-10(2)17-9)18(15,16)12-6-4-3-5-11(12)13/h3-6,9-10H,7-8,13H2,1-2H3. The number of nitrogens with two attached hydrogens (primary N) is 1. The summed E-state index contributed by atoms with van der Waals surface area (Å²) in [6, 6.07) is 6.64. The van der Waals surface area contributed by atoms with Crippen molar-refractivity contribution in [3.05, 3.63) is 24.3 Å². The van der Waals surface area contributed by atoms with Crippen LogP contribution in [0.1, 0.15) is 13.8 Å². The number of benzene rings is 1. The highest BCUT2D eigenvalue weighted by Gasteiger charge is 2.32. The molecule has 4 nitrogen and oxygen atoms in total. The van der Waals surface area contributed by atoms with Crippen LogP contribution >= 0.6 is 11.8 Å². The smallest absolute Gasteiger partial charge is 0.245 e. The normalized spacial score (nSPS) is 26.1. The molecule has 0 radical (unpaired) electrons. The van der Waals surface area contributed by atoms with E-state index in [-0.39, 0.29) is 4.90 Å². The quantitative estimate of drug-likeness (QED) is 0.842. The van der Waals surface area contributed by atoms with Crippen molar-refractivity contribution in [3.8, 4) is 0 Å². The Labute approximate surface area is 113 Å². The fourth-order valence-corrected chi connectivity index (χ4v) is 5.43. The van der Waals surface area contributed by atoms with Crippen molar-refractivity contribution < 1.29 is 8.42 Å². The minimum absolute atomic E-state index is 0.219. The van der Waals surface area contributed by atoms with Gasteiger partial charge in [-0.25, -0.2) is 8.42 Å². The zero-order chi connectivity index (χ0) is 13.3. The van der Waals surface area contributed by atoms with Crippen LogP contribution in [0.5, 0.6) is 0 Å². The van der Waals surface area contributed by atoms with E-state index in [2.05, 4.69) is 13.8 Å². The van der Waals surface area contributed by atoms with E-state index in [1.54, 1.807) is 28.6 Å². The number of thioether (sulfide) groups is 1. The molecule has 1 aromatic rings. The summed E-state index contributed by atoms with van der Waals surface area (Å²) in [6.07, 6.45) is 0. The second-order valence-corrected chi connectivity index (χ2v) is 8.41. The average Bonchev–Trinajstić information content (AvgIpc) is 2.28. The van der Waals surface area contributed by atoms with Gasteiger partial charge in [-0.15, -0.1) is 0 Å². The van der Waals surface area contributed by atoms with E-state index in [1.807, 2.05) is 11.8 Å². The number of para-hydroxylation sites is 1. The van der Waals surface area contributed by atoms with Gasteiger partial charge >= 0.3 is 0 Å². The van der Waals surface area contributed by atoms with E-state index >= 15 is 0 Å². The SMILES string of the molecule is CC1CN(S(=O)(=O)c2ccccc2N)CC(C)S1. The lowest BCUT2D eigenvalue weighted by Crippen LogP contribution is -2.44. The van der Waals surface area contributed by atoms with Crippen molar-refractivity contribution in [1.82, 2.24) is 4.31 Å². The van der Waals surface area contributed by atoms with E-state index in [0.29, 0.717) is 29.3 Å². The molecular weight excluding hydrogens is 268 g/mol.